The van der Waals surface area contributed by atoms with E-state index in [1.165, 1.54) is 6.33 Å². The van der Waals surface area contributed by atoms with Gasteiger partial charge in [0, 0.05) is 18.8 Å². The van der Waals surface area contributed by atoms with Gasteiger partial charge in [-0.2, -0.15) is 0 Å². The molecule has 0 spiro atoms. The van der Waals surface area contributed by atoms with Gasteiger partial charge in [0.15, 0.2) is 9.84 Å². The molecule has 0 aliphatic heterocycles. The summed E-state index contributed by atoms with van der Waals surface area (Å²) in [4.78, 5) is 8.14. The second-order valence-corrected chi connectivity index (χ2v) is 6.84. The molecule has 0 amide bonds. The fraction of sp³-hybridized carbons (Fsp3) is 0.600. The highest BCUT2D eigenvalue weighted by molar-refractivity contribution is 9.10. The molecule has 0 fully saturated rings. The molecule has 0 atom stereocenters. The first kappa shape index (κ1) is 15.2. The standard InChI is InChI=1S/C10H17BrN4O2S/c1-3-12-9-8(11)10(15-7-14-9)13-5-6-18(16,17)4-2/h7H,3-6H2,1-2H3,(H2,12,13,14,15). The van der Waals surface area contributed by atoms with Crippen molar-refractivity contribution >= 4 is 37.4 Å². The maximum atomic E-state index is 11.3. The van der Waals surface area contributed by atoms with Crippen LogP contribution < -0.4 is 10.6 Å². The summed E-state index contributed by atoms with van der Waals surface area (Å²) in [7, 11) is -2.96. The van der Waals surface area contributed by atoms with Crippen LogP contribution in [0.4, 0.5) is 11.6 Å². The molecule has 0 saturated heterocycles. The van der Waals surface area contributed by atoms with Gasteiger partial charge >= 0.3 is 0 Å². The minimum atomic E-state index is -2.96. The fourth-order valence-corrected chi connectivity index (χ4v) is 2.44. The molecule has 1 aromatic rings. The van der Waals surface area contributed by atoms with Crippen LogP contribution in [0.15, 0.2) is 10.8 Å². The summed E-state index contributed by atoms with van der Waals surface area (Å²) in [5.41, 5.74) is 0. The van der Waals surface area contributed by atoms with Crippen LogP contribution in [0, 0.1) is 0 Å². The third-order valence-corrected chi connectivity index (χ3v) is 4.74. The van der Waals surface area contributed by atoms with Crippen molar-refractivity contribution in [3.8, 4) is 0 Å². The zero-order valence-corrected chi connectivity index (χ0v) is 12.8. The Morgan fingerprint density at radius 3 is 2.39 bits per heavy atom. The first-order valence-corrected chi connectivity index (χ1v) is 8.30. The Kier molecular flexibility index (Phi) is 5.80. The van der Waals surface area contributed by atoms with E-state index >= 15 is 0 Å². The lowest BCUT2D eigenvalue weighted by Gasteiger charge is -2.10. The summed E-state index contributed by atoms with van der Waals surface area (Å²) in [6.45, 7) is 4.69. The SMILES string of the molecule is CCNc1ncnc(NCCS(=O)(=O)CC)c1Br. The Bertz CT molecular complexity index is 493. The van der Waals surface area contributed by atoms with Crippen molar-refractivity contribution in [3.05, 3.63) is 10.8 Å². The minimum Gasteiger partial charge on any atom is -0.369 e. The molecular weight excluding hydrogens is 320 g/mol. The van der Waals surface area contributed by atoms with Gasteiger partial charge in [-0.3, -0.25) is 0 Å². The molecule has 1 rings (SSSR count). The van der Waals surface area contributed by atoms with Gasteiger partial charge in [-0.1, -0.05) is 6.92 Å². The Morgan fingerprint density at radius 2 is 1.83 bits per heavy atom. The molecule has 8 heteroatoms. The summed E-state index contributed by atoms with van der Waals surface area (Å²) < 4.78 is 23.4. The van der Waals surface area contributed by atoms with Gasteiger partial charge < -0.3 is 10.6 Å². The average molecular weight is 337 g/mol. The predicted octanol–water partition coefficient (Wildman–Crippen LogP) is 1.52. The number of hydrogen-bond donors (Lipinski definition) is 2. The van der Waals surface area contributed by atoms with Crippen molar-refractivity contribution in [1.29, 1.82) is 0 Å². The Hall–Kier alpha value is -0.890. The molecule has 1 heterocycles. The lowest BCUT2D eigenvalue weighted by Crippen LogP contribution is -2.18. The van der Waals surface area contributed by atoms with Crippen molar-refractivity contribution in [2.45, 2.75) is 13.8 Å². The number of nitrogens with one attached hydrogen (secondary N) is 2. The van der Waals surface area contributed by atoms with Crippen LogP contribution in [0.5, 0.6) is 0 Å². The average Bonchev–Trinajstić information content (AvgIpc) is 2.34. The number of aromatic nitrogens is 2. The van der Waals surface area contributed by atoms with Gasteiger partial charge in [-0.05, 0) is 22.9 Å². The Morgan fingerprint density at radius 1 is 1.22 bits per heavy atom. The van der Waals surface area contributed by atoms with E-state index in [0.29, 0.717) is 22.7 Å². The van der Waals surface area contributed by atoms with Gasteiger partial charge in [-0.15, -0.1) is 0 Å². The largest absolute Gasteiger partial charge is 0.369 e. The molecule has 0 radical (unpaired) electrons. The van der Waals surface area contributed by atoms with Crippen molar-refractivity contribution in [2.24, 2.45) is 0 Å². The van der Waals surface area contributed by atoms with E-state index in [1.807, 2.05) is 6.92 Å². The van der Waals surface area contributed by atoms with Gasteiger partial charge in [0.2, 0.25) is 0 Å². The molecule has 0 aliphatic rings. The van der Waals surface area contributed by atoms with Crippen LogP contribution >= 0.6 is 15.9 Å². The first-order chi connectivity index (χ1) is 8.50. The van der Waals surface area contributed by atoms with Crippen molar-refractivity contribution in [3.63, 3.8) is 0 Å². The number of hydrogen-bond acceptors (Lipinski definition) is 6. The highest BCUT2D eigenvalue weighted by atomic mass is 79.9. The lowest BCUT2D eigenvalue weighted by molar-refractivity contribution is 0.597. The highest BCUT2D eigenvalue weighted by Crippen LogP contribution is 2.25. The fourth-order valence-electron chi connectivity index (χ4n) is 1.25. The van der Waals surface area contributed by atoms with Gasteiger partial charge in [-0.25, -0.2) is 18.4 Å². The van der Waals surface area contributed by atoms with Gasteiger partial charge in [0.05, 0.1) is 5.75 Å². The van der Waals surface area contributed by atoms with Crippen LogP contribution in [0.3, 0.4) is 0 Å². The van der Waals surface area contributed by atoms with Crippen molar-refractivity contribution in [1.82, 2.24) is 9.97 Å². The second-order valence-electron chi connectivity index (χ2n) is 3.58. The number of halogens is 1. The molecule has 0 bridgehead atoms. The topological polar surface area (TPSA) is 84.0 Å². The van der Waals surface area contributed by atoms with E-state index in [4.69, 9.17) is 0 Å². The number of anilines is 2. The third kappa shape index (κ3) is 4.41. The number of rotatable bonds is 7. The monoisotopic (exact) mass is 336 g/mol. The zero-order valence-electron chi connectivity index (χ0n) is 10.4. The normalized spacial score (nSPS) is 11.3. The van der Waals surface area contributed by atoms with Crippen LogP contribution in [0.1, 0.15) is 13.8 Å². The number of sulfone groups is 1. The molecule has 0 saturated carbocycles. The lowest BCUT2D eigenvalue weighted by atomic mass is 10.5. The quantitative estimate of drug-likeness (QED) is 0.785. The highest BCUT2D eigenvalue weighted by Gasteiger charge is 2.10. The van der Waals surface area contributed by atoms with E-state index in [9.17, 15) is 8.42 Å². The zero-order chi connectivity index (χ0) is 13.6. The van der Waals surface area contributed by atoms with Gasteiger partial charge in [0.25, 0.3) is 0 Å². The van der Waals surface area contributed by atoms with Crippen LogP contribution in [0.2, 0.25) is 0 Å². The summed E-state index contributed by atoms with van der Waals surface area (Å²) in [5.74, 6) is 1.53. The maximum Gasteiger partial charge on any atom is 0.151 e. The molecule has 2 N–H and O–H groups in total. The molecule has 0 aliphatic carbocycles. The van der Waals surface area contributed by atoms with Crippen molar-refractivity contribution in [2.75, 3.05) is 35.2 Å². The van der Waals surface area contributed by atoms with Crippen LogP contribution in [0.25, 0.3) is 0 Å². The van der Waals surface area contributed by atoms with Crippen LogP contribution in [-0.2, 0) is 9.84 Å². The van der Waals surface area contributed by atoms with Crippen molar-refractivity contribution < 1.29 is 8.42 Å². The van der Waals surface area contributed by atoms with E-state index in [0.717, 1.165) is 6.54 Å². The summed E-state index contributed by atoms with van der Waals surface area (Å²) in [6.07, 6.45) is 1.43. The Balaban J connectivity index is 2.65. The summed E-state index contributed by atoms with van der Waals surface area (Å²) in [5, 5.41) is 6.06. The van der Waals surface area contributed by atoms with Gasteiger partial charge in [0.1, 0.15) is 22.4 Å². The molecule has 102 valence electrons. The maximum absolute atomic E-state index is 11.3. The van der Waals surface area contributed by atoms with E-state index in [-0.39, 0.29) is 11.5 Å². The smallest absolute Gasteiger partial charge is 0.151 e. The molecule has 18 heavy (non-hydrogen) atoms. The molecule has 1 aromatic heterocycles. The molecular formula is C10H17BrN4O2S. The molecule has 0 aromatic carbocycles. The summed E-state index contributed by atoms with van der Waals surface area (Å²) in [6, 6.07) is 0. The third-order valence-electron chi connectivity index (χ3n) is 2.28. The number of nitrogens with zero attached hydrogens (tertiary/aromatic N) is 2. The molecule has 6 nitrogen and oxygen atoms in total. The van der Waals surface area contributed by atoms with E-state index < -0.39 is 9.84 Å². The second kappa shape index (κ2) is 6.89. The van der Waals surface area contributed by atoms with Crippen LogP contribution in [-0.4, -0.2) is 43.0 Å². The summed E-state index contributed by atoms with van der Waals surface area (Å²) >= 11 is 3.38. The minimum absolute atomic E-state index is 0.0937. The first-order valence-electron chi connectivity index (χ1n) is 5.68. The molecule has 0 unspecified atom stereocenters. The van der Waals surface area contributed by atoms with E-state index in [1.54, 1.807) is 6.92 Å². The predicted molar refractivity (Wildman–Crippen MR) is 76.7 cm³/mol. The Labute approximate surface area is 116 Å². The van der Waals surface area contributed by atoms with E-state index in [2.05, 4.69) is 36.5 Å².